The van der Waals surface area contributed by atoms with Crippen LogP contribution >= 0.6 is 11.8 Å². The van der Waals surface area contributed by atoms with Crippen molar-refractivity contribution < 1.29 is 0 Å². The minimum atomic E-state index is 0.906. The van der Waals surface area contributed by atoms with Gasteiger partial charge in [0.25, 0.3) is 0 Å². The minimum absolute atomic E-state index is 0.906. The van der Waals surface area contributed by atoms with E-state index in [9.17, 15) is 0 Å². The van der Waals surface area contributed by atoms with Gasteiger partial charge in [-0.1, -0.05) is 38.6 Å². The summed E-state index contributed by atoms with van der Waals surface area (Å²) in [5.74, 6) is 0. The molecule has 132 valence electrons. The predicted octanol–water partition coefficient (Wildman–Crippen LogP) is 4.85. The van der Waals surface area contributed by atoms with Gasteiger partial charge in [-0.3, -0.25) is 9.67 Å². The number of pyridine rings is 1. The van der Waals surface area contributed by atoms with Crippen LogP contribution in [0.3, 0.4) is 0 Å². The third-order valence-electron chi connectivity index (χ3n) is 4.55. The highest BCUT2D eigenvalue weighted by Crippen LogP contribution is 2.48. The second kappa shape index (κ2) is 7.58. The maximum Gasteiger partial charge on any atom is 0.104 e. The standard InChI is InChI=1S/C18H20N4S.C2H6/c1-4-21(3)9-10-22-14-6-5-12(2)18-16(14)17(20-22)13-11-19-8-7-15(13)23-18;1-2/h5-8,11H,4,9-10H2,1-3H3;1-2H3. The van der Waals surface area contributed by atoms with Crippen LogP contribution in [0.25, 0.3) is 22.2 Å². The van der Waals surface area contributed by atoms with Gasteiger partial charge in [-0.15, -0.1) is 0 Å². The van der Waals surface area contributed by atoms with Crippen molar-refractivity contribution in [3.05, 3.63) is 36.2 Å². The number of hydrogen-bond donors (Lipinski definition) is 0. The second-order valence-corrected chi connectivity index (χ2v) is 7.10. The van der Waals surface area contributed by atoms with E-state index in [1.807, 2.05) is 38.0 Å². The molecule has 1 aliphatic rings. The monoisotopic (exact) mass is 354 g/mol. The molecule has 3 aromatic rings. The van der Waals surface area contributed by atoms with Crippen LogP contribution in [0.15, 0.2) is 40.4 Å². The first-order valence-corrected chi connectivity index (χ1v) is 9.81. The summed E-state index contributed by atoms with van der Waals surface area (Å²) in [6.45, 7) is 11.3. The lowest BCUT2D eigenvalue weighted by atomic mass is 10.1. The number of hydrogen-bond acceptors (Lipinski definition) is 4. The summed E-state index contributed by atoms with van der Waals surface area (Å²) >= 11 is 1.84. The second-order valence-electron chi connectivity index (χ2n) is 6.05. The molecule has 0 aliphatic carbocycles. The van der Waals surface area contributed by atoms with Crippen molar-refractivity contribution in [1.82, 2.24) is 19.7 Å². The molecule has 4 nitrogen and oxygen atoms in total. The Bertz CT molecular complexity index is 885. The minimum Gasteiger partial charge on any atom is -0.305 e. The summed E-state index contributed by atoms with van der Waals surface area (Å²) in [7, 11) is 2.15. The largest absolute Gasteiger partial charge is 0.305 e. The first kappa shape index (κ1) is 18.0. The number of benzene rings is 1. The highest BCUT2D eigenvalue weighted by Gasteiger charge is 2.25. The molecule has 2 aromatic heterocycles. The number of nitrogens with zero attached hydrogens (tertiary/aromatic N) is 4. The van der Waals surface area contributed by atoms with Crippen molar-refractivity contribution >= 4 is 22.7 Å². The van der Waals surface area contributed by atoms with E-state index in [2.05, 4.69) is 53.7 Å². The normalized spacial score (nSPS) is 12.1. The number of fused-ring (bicyclic) bond motifs is 2. The lowest BCUT2D eigenvalue weighted by Crippen LogP contribution is -2.23. The van der Waals surface area contributed by atoms with E-state index in [1.165, 1.54) is 26.3 Å². The van der Waals surface area contributed by atoms with E-state index in [1.54, 1.807) is 0 Å². The van der Waals surface area contributed by atoms with E-state index in [4.69, 9.17) is 5.10 Å². The molecule has 0 radical (unpaired) electrons. The van der Waals surface area contributed by atoms with Crippen molar-refractivity contribution in [2.24, 2.45) is 0 Å². The summed E-state index contributed by atoms with van der Waals surface area (Å²) in [6, 6.07) is 6.51. The van der Waals surface area contributed by atoms with E-state index in [0.717, 1.165) is 30.9 Å². The Labute approximate surface area is 154 Å². The fourth-order valence-corrected chi connectivity index (χ4v) is 4.16. The summed E-state index contributed by atoms with van der Waals surface area (Å²) < 4.78 is 2.16. The van der Waals surface area contributed by atoms with Crippen LogP contribution < -0.4 is 0 Å². The molecule has 0 fully saturated rings. The molecule has 0 N–H and O–H groups in total. The zero-order valence-corrected chi connectivity index (χ0v) is 16.5. The lowest BCUT2D eigenvalue weighted by Gasteiger charge is -2.16. The molecular weight excluding hydrogens is 328 g/mol. The van der Waals surface area contributed by atoms with E-state index in [-0.39, 0.29) is 0 Å². The third-order valence-corrected chi connectivity index (χ3v) is 5.86. The van der Waals surface area contributed by atoms with Crippen LogP contribution in [0.2, 0.25) is 0 Å². The Kier molecular flexibility index (Phi) is 5.45. The Morgan fingerprint density at radius 3 is 2.76 bits per heavy atom. The molecule has 1 aromatic carbocycles. The molecule has 0 saturated heterocycles. The molecule has 0 bridgehead atoms. The molecule has 0 unspecified atom stereocenters. The van der Waals surface area contributed by atoms with Gasteiger partial charge in [-0.05, 0) is 38.2 Å². The van der Waals surface area contributed by atoms with Gasteiger partial charge in [0.15, 0.2) is 0 Å². The highest BCUT2D eigenvalue weighted by molar-refractivity contribution is 7.99. The molecule has 25 heavy (non-hydrogen) atoms. The molecule has 0 amide bonds. The first-order valence-electron chi connectivity index (χ1n) is 9.00. The average molecular weight is 355 g/mol. The molecular formula is C20H26N4S. The quantitative estimate of drug-likeness (QED) is 0.525. The van der Waals surface area contributed by atoms with Gasteiger partial charge in [-0.2, -0.15) is 5.10 Å². The Morgan fingerprint density at radius 2 is 2.00 bits per heavy atom. The first-order chi connectivity index (χ1) is 12.2. The van der Waals surface area contributed by atoms with Crippen LogP contribution in [0.5, 0.6) is 0 Å². The molecule has 0 atom stereocenters. The van der Waals surface area contributed by atoms with Crippen molar-refractivity contribution in [1.29, 1.82) is 0 Å². The fraction of sp³-hybridized carbons (Fsp3) is 0.400. The zero-order chi connectivity index (χ0) is 18.0. The van der Waals surface area contributed by atoms with Crippen molar-refractivity contribution in [3.63, 3.8) is 0 Å². The van der Waals surface area contributed by atoms with Gasteiger partial charge >= 0.3 is 0 Å². The smallest absolute Gasteiger partial charge is 0.104 e. The molecule has 4 rings (SSSR count). The highest BCUT2D eigenvalue weighted by atomic mass is 32.2. The van der Waals surface area contributed by atoms with Gasteiger partial charge in [0, 0.05) is 39.7 Å². The van der Waals surface area contributed by atoms with Gasteiger partial charge in [0.05, 0.1) is 12.1 Å². The van der Waals surface area contributed by atoms with Gasteiger partial charge in [0.2, 0.25) is 0 Å². The van der Waals surface area contributed by atoms with Crippen LogP contribution in [-0.2, 0) is 6.54 Å². The average Bonchev–Trinajstić information content (AvgIpc) is 3.04. The van der Waals surface area contributed by atoms with E-state index >= 15 is 0 Å². The van der Waals surface area contributed by atoms with Gasteiger partial charge in [-0.25, -0.2) is 0 Å². The Hall–Kier alpha value is -1.85. The van der Waals surface area contributed by atoms with Crippen molar-refractivity contribution in [3.8, 4) is 11.3 Å². The number of rotatable bonds is 4. The zero-order valence-electron chi connectivity index (χ0n) is 15.7. The predicted molar refractivity (Wildman–Crippen MR) is 106 cm³/mol. The van der Waals surface area contributed by atoms with E-state index in [0.29, 0.717) is 0 Å². The van der Waals surface area contributed by atoms with Gasteiger partial charge < -0.3 is 4.90 Å². The summed E-state index contributed by atoms with van der Waals surface area (Å²) in [6.07, 6.45) is 3.80. The van der Waals surface area contributed by atoms with Crippen LogP contribution in [0.1, 0.15) is 26.3 Å². The topological polar surface area (TPSA) is 34.0 Å². The SMILES string of the molecule is CC.CCN(C)CCn1nc2c3c(c(C)ccc31)Sc1ccncc1-2. The van der Waals surface area contributed by atoms with Crippen molar-refractivity contribution in [2.75, 3.05) is 20.1 Å². The summed E-state index contributed by atoms with van der Waals surface area (Å²) in [5.41, 5.74) is 4.78. The van der Waals surface area contributed by atoms with Crippen LogP contribution in [-0.4, -0.2) is 39.8 Å². The molecule has 0 saturated carbocycles. The van der Waals surface area contributed by atoms with Crippen molar-refractivity contribution in [2.45, 2.75) is 44.0 Å². The molecule has 3 heterocycles. The van der Waals surface area contributed by atoms with Crippen LogP contribution in [0.4, 0.5) is 0 Å². The lowest BCUT2D eigenvalue weighted by molar-refractivity contribution is 0.330. The summed E-state index contributed by atoms with van der Waals surface area (Å²) in [5, 5.41) is 6.23. The molecule has 5 heteroatoms. The fourth-order valence-electron chi connectivity index (χ4n) is 3.02. The third kappa shape index (κ3) is 3.18. The molecule has 0 spiro atoms. The van der Waals surface area contributed by atoms with E-state index < -0.39 is 0 Å². The number of aryl methyl sites for hydroxylation is 1. The number of aromatic nitrogens is 3. The van der Waals surface area contributed by atoms with Gasteiger partial charge in [0.1, 0.15) is 5.69 Å². The Morgan fingerprint density at radius 1 is 1.20 bits per heavy atom. The summed E-state index contributed by atoms with van der Waals surface area (Å²) in [4.78, 5) is 9.21. The number of likely N-dealkylation sites (N-methyl/N-ethyl adjacent to an activating group) is 1. The Balaban J connectivity index is 0.000000880. The maximum absolute atomic E-state index is 4.95. The van der Waals surface area contributed by atoms with Crippen LogP contribution in [0, 0.1) is 6.92 Å². The molecule has 1 aliphatic heterocycles. The maximum atomic E-state index is 4.95.